The van der Waals surface area contributed by atoms with Crippen molar-refractivity contribution < 1.29 is 41.8 Å². The molecule has 0 aromatic rings. The number of carbonyl (C=O) groups excluding carboxylic acids is 4. The topological polar surface area (TPSA) is 86.7 Å². The summed E-state index contributed by atoms with van der Waals surface area (Å²) in [6, 6.07) is 0. The van der Waals surface area contributed by atoms with Gasteiger partial charge in [-0.25, -0.2) is 0 Å². The molecule has 2 unspecified atom stereocenters. The van der Waals surface area contributed by atoms with Gasteiger partial charge in [0.1, 0.15) is 0 Å². The summed E-state index contributed by atoms with van der Waals surface area (Å²) in [4.78, 5) is 47.3. The van der Waals surface area contributed by atoms with Crippen molar-refractivity contribution in [3.05, 3.63) is 0 Å². The molecule has 0 heterocycles. The predicted octanol–water partition coefficient (Wildman–Crippen LogP) is 3.42. The number of rotatable bonds is 4. The molecule has 9 heteroatoms. The van der Waals surface area contributed by atoms with Gasteiger partial charge < -0.3 is 9.47 Å². The number of hydrogen-bond acceptors (Lipinski definition) is 6. The first-order valence-electron chi connectivity index (χ1n) is 7.95. The summed E-state index contributed by atoms with van der Waals surface area (Å²) < 4.78 is 48.1. The zero-order valence-corrected chi connectivity index (χ0v) is 15.9. The molecule has 0 aliphatic heterocycles. The molecule has 0 amide bonds. The Morgan fingerprint density at radius 1 is 0.808 bits per heavy atom. The lowest BCUT2D eigenvalue weighted by atomic mass is 9.90. The maximum Gasteiger partial charge on any atom is 0.392 e. The van der Waals surface area contributed by atoms with Crippen molar-refractivity contribution in [2.24, 2.45) is 22.7 Å². The highest BCUT2D eigenvalue weighted by atomic mass is 19.4. The van der Waals surface area contributed by atoms with Crippen LogP contribution in [0.1, 0.15) is 54.9 Å². The Morgan fingerprint density at radius 2 is 1.19 bits per heavy atom. The molecular formula is C17H25F3O6. The van der Waals surface area contributed by atoms with Crippen LogP contribution in [0.3, 0.4) is 0 Å². The molecule has 0 aromatic carbocycles. The third-order valence-electron chi connectivity index (χ3n) is 3.43. The van der Waals surface area contributed by atoms with E-state index in [9.17, 15) is 32.3 Å². The van der Waals surface area contributed by atoms with E-state index in [-0.39, 0.29) is 0 Å². The summed E-state index contributed by atoms with van der Waals surface area (Å²) in [5, 5.41) is 0. The molecule has 150 valence electrons. The summed E-state index contributed by atoms with van der Waals surface area (Å²) in [5.74, 6) is -9.05. The molecule has 2 atom stereocenters. The van der Waals surface area contributed by atoms with E-state index in [1.165, 1.54) is 41.5 Å². The fourth-order valence-corrected chi connectivity index (χ4v) is 1.49. The average molecular weight is 382 g/mol. The van der Waals surface area contributed by atoms with Crippen molar-refractivity contribution >= 4 is 23.9 Å². The molecule has 0 rings (SSSR count). The minimum atomic E-state index is -4.82. The number of alkyl halides is 3. The first-order chi connectivity index (χ1) is 11.4. The Kier molecular flexibility index (Phi) is 7.57. The molecule has 0 spiro atoms. The fourth-order valence-electron chi connectivity index (χ4n) is 1.49. The lowest BCUT2D eigenvalue weighted by Gasteiger charge is -2.25. The van der Waals surface area contributed by atoms with Crippen LogP contribution in [-0.4, -0.2) is 30.1 Å². The van der Waals surface area contributed by atoms with Gasteiger partial charge in [-0.05, 0) is 41.5 Å². The van der Waals surface area contributed by atoms with Crippen LogP contribution >= 0.6 is 0 Å². The Labute approximate surface area is 150 Å². The molecule has 0 aliphatic rings. The van der Waals surface area contributed by atoms with Crippen LogP contribution in [0.15, 0.2) is 0 Å². The van der Waals surface area contributed by atoms with Gasteiger partial charge in [-0.15, -0.1) is 0 Å². The van der Waals surface area contributed by atoms with E-state index in [0.29, 0.717) is 6.92 Å². The highest BCUT2D eigenvalue weighted by molar-refractivity contribution is 5.93. The normalized spacial score (nSPS) is 15.0. The summed E-state index contributed by atoms with van der Waals surface area (Å²) in [7, 11) is 0. The summed E-state index contributed by atoms with van der Waals surface area (Å²) >= 11 is 0. The summed E-state index contributed by atoms with van der Waals surface area (Å²) in [6.07, 6.45) is -5.86. The maximum absolute atomic E-state index is 13.0. The molecule has 0 fully saturated rings. The number of esters is 4. The molecule has 0 aliphatic carbocycles. The third-order valence-corrected chi connectivity index (χ3v) is 3.43. The van der Waals surface area contributed by atoms with Gasteiger partial charge in [-0.2, -0.15) is 13.2 Å². The van der Waals surface area contributed by atoms with E-state index in [4.69, 9.17) is 0 Å². The monoisotopic (exact) mass is 382 g/mol. The third kappa shape index (κ3) is 7.53. The van der Waals surface area contributed by atoms with Gasteiger partial charge in [0, 0.05) is 0 Å². The Bertz CT molecular complexity index is 567. The van der Waals surface area contributed by atoms with E-state index < -0.39 is 59.1 Å². The van der Waals surface area contributed by atoms with Crippen LogP contribution in [0, 0.1) is 22.7 Å². The minimum absolute atomic E-state index is 0.687. The first kappa shape index (κ1) is 24.1. The van der Waals surface area contributed by atoms with Crippen molar-refractivity contribution in [2.45, 2.75) is 61.1 Å². The highest BCUT2D eigenvalue weighted by Gasteiger charge is 2.47. The second-order valence-corrected chi connectivity index (χ2v) is 8.11. The number of ether oxygens (including phenoxy) is 2. The molecule has 0 saturated heterocycles. The summed E-state index contributed by atoms with van der Waals surface area (Å²) in [5.41, 5.74) is -2.17. The van der Waals surface area contributed by atoms with Gasteiger partial charge in [-0.1, -0.05) is 6.92 Å². The molecule has 0 radical (unpaired) electrons. The first-order valence-corrected chi connectivity index (χ1v) is 7.95. The molecular weight excluding hydrogens is 357 g/mol. The second-order valence-electron chi connectivity index (χ2n) is 8.11. The molecule has 0 N–H and O–H groups in total. The Balaban J connectivity index is 5.37. The van der Waals surface area contributed by atoms with E-state index in [1.54, 1.807) is 0 Å². The predicted molar refractivity (Wildman–Crippen MR) is 84.4 cm³/mol. The molecule has 0 bridgehead atoms. The standard InChI is InChI=1S/C17H25F3O6/c1-9(17(18,19)20)10(12(22)26-14(24)16(5,6)7)8-11(21)25-13(23)15(2,3)4/h9-10H,8H2,1-7H3. The van der Waals surface area contributed by atoms with Crippen LogP contribution in [0.25, 0.3) is 0 Å². The summed E-state index contributed by atoms with van der Waals surface area (Å²) in [6.45, 7) is 9.30. The largest absolute Gasteiger partial charge is 0.393 e. The van der Waals surface area contributed by atoms with E-state index >= 15 is 0 Å². The van der Waals surface area contributed by atoms with Crippen molar-refractivity contribution in [3.63, 3.8) is 0 Å². The van der Waals surface area contributed by atoms with Crippen molar-refractivity contribution in [1.29, 1.82) is 0 Å². The van der Waals surface area contributed by atoms with Crippen LogP contribution in [0.4, 0.5) is 13.2 Å². The van der Waals surface area contributed by atoms with Gasteiger partial charge in [0.2, 0.25) is 0 Å². The van der Waals surface area contributed by atoms with Crippen LogP contribution < -0.4 is 0 Å². The SMILES string of the molecule is CC(C(CC(=O)OC(=O)C(C)(C)C)C(=O)OC(=O)C(C)(C)C)C(F)(F)F. The number of halogens is 3. The molecule has 6 nitrogen and oxygen atoms in total. The van der Waals surface area contributed by atoms with Gasteiger partial charge in [0.25, 0.3) is 0 Å². The highest BCUT2D eigenvalue weighted by Crippen LogP contribution is 2.35. The average Bonchev–Trinajstić information content (AvgIpc) is 2.40. The fraction of sp³-hybridized carbons (Fsp3) is 0.765. The van der Waals surface area contributed by atoms with Gasteiger partial charge in [0.15, 0.2) is 0 Å². The van der Waals surface area contributed by atoms with Gasteiger partial charge in [0.05, 0.1) is 29.1 Å². The van der Waals surface area contributed by atoms with E-state index in [2.05, 4.69) is 9.47 Å². The quantitative estimate of drug-likeness (QED) is 0.547. The second kappa shape index (κ2) is 8.18. The lowest BCUT2D eigenvalue weighted by Crippen LogP contribution is -2.38. The van der Waals surface area contributed by atoms with Crippen molar-refractivity contribution in [3.8, 4) is 0 Å². The van der Waals surface area contributed by atoms with Gasteiger partial charge in [-0.3, -0.25) is 19.2 Å². The van der Waals surface area contributed by atoms with E-state index in [0.717, 1.165) is 0 Å². The number of carbonyl (C=O) groups is 4. The smallest absolute Gasteiger partial charge is 0.392 e. The van der Waals surface area contributed by atoms with Crippen molar-refractivity contribution in [1.82, 2.24) is 0 Å². The van der Waals surface area contributed by atoms with Gasteiger partial charge >= 0.3 is 30.1 Å². The minimum Gasteiger partial charge on any atom is -0.393 e. The van der Waals surface area contributed by atoms with Crippen molar-refractivity contribution in [2.75, 3.05) is 0 Å². The molecule has 26 heavy (non-hydrogen) atoms. The molecule has 0 aromatic heterocycles. The van der Waals surface area contributed by atoms with Crippen LogP contribution in [0.5, 0.6) is 0 Å². The zero-order chi connectivity index (χ0) is 21.1. The maximum atomic E-state index is 13.0. The Morgan fingerprint density at radius 3 is 1.54 bits per heavy atom. The van der Waals surface area contributed by atoms with E-state index in [1.807, 2.05) is 0 Å². The zero-order valence-electron chi connectivity index (χ0n) is 15.9. The number of hydrogen-bond donors (Lipinski definition) is 0. The van der Waals surface area contributed by atoms with Crippen LogP contribution in [-0.2, 0) is 28.7 Å². The Hall–Kier alpha value is -1.93. The lowest BCUT2D eigenvalue weighted by molar-refractivity contribution is -0.199. The van der Waals surface area contributed by atoms with Crippen LogP contribution in [0.2, 0.25) is 0 Å². The molecule has 0 saturated carbocycles.